The molecule has 0 spiro atoms. The van der Waals surface area contributed by atoms with Crippen molar-refractivity contribution in [1.82, 2.24) is 0 Å². The monoisotopic (exact) mass is 386 g/mol. The molecule has 0 bridgehead atoms. The van der Waals surface area contributed by atoms with Crippen LogP contribution in [0.1, 0.15) is 45.1 Å². The maximum Gasteiger partial charge on any atom is 0.336 e. The second-order valence-corrected chi connectivity index (χ2v) is 6.83. The molecule has 28 heavy (non-hydrogen) atoms. The first-order valence-corrected chi connectivity index (χ1v) is 9.11. The number of phenols is 2. The van der Waals surface area contributed by atoms with E-state index in [9.17, 15) is 19.8 Å². The van der Waals surface area contributed by atoms with Crippen molar-refractivity contribution in [3.05, 3.63) is 58.7 Å². The van der Waals surface area contributed by atoms with Gasteiger partial charge in [-0.05, 0) is 63.3 Å². The average Bonchev–Trinajstić information content (AvgIpc) is 3.00. The molecule has 0 fully saturated rings. The van der Waals surface area contributed by atoms with Gasteiger partial charge in [-0.15, -0.1) is 0 Å². The molecule has 2 rings (SSSR count). The van der Waals surface area contributed by atoms with Crippen LogP contribution in [0.4, 0.5) is 0 Å². The standard InChI is InChI=1S/C22H26O6/c1-15(6-4-8-16(2)14-23)7-5-9-17-13-22(27-3,28-21(17)26)19-12-18(24)10-11-20(19)25/h7-8,10-14,24-25H,4-6,9H2,1-3H3/b15-7+,16-8+. The Morgan fingerprint density at radius 3 is 2.64 bits per heavy atom. The summed E-state index contributed by atoms with van der Waals surface area (Å²) < 4.78 is 10.8. The van der Waals surface area contributed by atoms with Gasteiger partial charge < -0.3 is 19.7 Å². The molecule has 0 amide bonds. The molecule has 1 aromatic rings. The Labute approximate surface area is 164 Å². The van der Waals surface area contributed by atoms with Gasteiger partial charge in [-0.1, -0.05) is 17.7 Å². The first kappa shape index (κ1) is 21.4. The molecule has 1 heterocycles. The number of benzene rings is 1. The molecule has 6 heteroatoms. The van der Waals surface area contributed by atoms with E-state index in [-0.39, 0.29) is 17.1 Å². The molecule has 0 aromatic heterocycles. The summed E-state index contributed by atoms with van der Waals surface area (Å²) in [6.07, 6.45) is 9.08. The molecule has 0 saturated carbocycles. The van der Waals surface area contributed by atoms with E-state index >= 15 is 0 Å². The summed E-state index contributed by atoms with van der Waals surface area (Å²) in [4.78, 5) is 22.9. The lowest BCUT2D eigenvalue weighted by atomic mass is 10.0. The van der Waals surface area contributed by atoms with Gasteiger partial charge in [-0.25, -0.2) is 4.79 Å². The van der Waals surface area contributed by atoms with Crippen LogP contribution in [0.2, 0.25) is 0 Å². The first-order valence-electron chi connectivity index (χ1n) is 9.11. The van der Waals surface area contributed by atoms with Gasteiger partial charge >= 0.3 is 5.97 Å². The van der Waals surface area contributed by atoms with Gasteiger partial charge in [0.15, 0.2) is 0 Å². The lowest BCUT2D eigenvalue weighted by molar-refractivity contribution is -0.193. The van der Waals surface area contributed by atoms with Crippen LogP contribution in [0, 0.1) is 0 Å². The van der Waals surface area contributed by atoms with Crippen molar-refractivity contribution >= 4 is 12.3 Å². The van der Waals surface area contributed by atoms with Crippen molar-refractivity contribution in [2.24, 2.45) is 0 Å². The highest BCUT2D eigenvalue weighted by Gasteiger charge is 2.43. The highest BCUT2D eigenvalue weighted by atomic mass is 16.7. The SMILES string of the molecule is COC1(c2cc(O)ccc2O)C=C(CC/C=C(\C)CC/C=C(\C)C=O)C(=O)O1. The van der Waals surface area contributed by atoms with Crippen LogP contribution >= 0.6 is 0 Å². The summed E-state index contributed by atoms with van der Waals surface area (Å²) in [5.74, 6) is -2.27. The molecule has 1 aliphatic heterocycles. The molecule has 1 unspecified atom stereocenters. The van der Waals surface area contributed by atoms with E-state index in [2.05, 4.69) is 6.08 Å². The Morgan fingerprint density at radius 2 is 1.96 bits per heavy atom. The first-order chi connectivity index (χ1) is 13.3. The van der Waals surface area contributed by atoms with Gasteiger partial charge in [0.2, 0.25) is 0 Å². The van der Waals surface area contributed by atoms with Crippen molar-refractivity contribution in [2.45, 2.75) is 45.3 Å². The number of allylic oxidation sites excluding steroid dienone is 4. The Bertz CT molecular complexity index is 833. The molecule has 1 aliphatic rings. The number of carbonyl (C=O) groups is 2. The zero-order chi connectivity index (χ0) is 20.7. The fourth-order valence-electron chi connectivity index (χ4n) is 2.99. The van der Waals surface area contributed by atoms with E-state index in [0.29, 0.717) is 18.4 Å². The third-order valence-electron chi connectivity index (χ3n) is 4.63. The fraction of sp³-hybridized carbons (Fsp3) is 0.364. The number of methoxy groups -OCH3 is 1. The van der Waals surface area contributed by atoms with Crippen LogP contribution in [0.3, 0.4) is 0 Å². The van der Waals surface area contributed by atoms with E-state index in [1.54, 1.807) is 13.0 Å². The van der Waals surface area contributed by atoms with Crippen molar-refractivity contribution in [2.75, 3.05) is 7.11 Å². The Balaban J connectivity index is 2.07. The van der Waals surface area contributed by atoms with Crippen LogP contribution in [0.15, 0.2) is 53.1 Å². The number of esters is 1. The van der Waals surface area contributed by atoms with Crippen molar-refractivity contribution < 1.29 is 29.3 Å². The highest BCUT2D eigenvalue weighted by Crippen LogP contribution is 2.42. The van der Waals surface area contributed by atoms with Gasteiger partial charge in [0.25, 0.3) is 5.79 Å². The predicted octanol–water partition coefficient (Wildman–Crippen LogP) is 4.03. The van der Waals surface area contributed by atoms with Crippen LogP contribution in [0.5, 0.6) is 11.5 Å². The van der Waals surface area contributed by atoms with E-state index in [1.165, 1.54) is 30.9 Å². The fourth-order valence-corrected chi connectivity index (χ4v) is 2.99. The second kappa shape index (κ2) is 9.37. The molecule has 150 valence electrons. The van der Waals surface area contributed by atoms with E-state index in [4.69, 9.17) is 9.47 Å². The molecule has 2 N–H and O–H groups in total. The Kier molecular flexibility index (Phi) is 7.18. The van der Waals surface area contributed by atoms with Crippen LogP contribution < -0.4 is 0 Å². The van der Waals surface area contributed by atoms with Gasteiger partial charge in [-0.3, -0.25) is 4.79 Å². The lowest BCUT2D eigenvalue weighted by Crippen LogP contribution is -2.27. The summed E-state index contributed by atoms with van der Waals surface area (Å²) in [5.41, 5.74) is 2.51. The van der Waals surface area contributed by atoms with E-state index < -0.39 is 11.8 Å². The van der Waals surface area contributed by atoms with Crippen molar-refractivity contribution in [3.63, 3.8) is 0 Å². The molecular formula is C22H26O6. The zero-order valence-corrected chi connectivity index (χ0v) is 16.4. The summed E-state index contributed by atoms with van der Waals surface area (Å²) in [6.45, 7) is 3.78. The molecule has 6 nitrogen and oxygen atoms in total. The van der Waals surface area contributed by atoms with Crippen molar-refractivity contribution in [3.8, 4) is 11.5 Å². The molecule has 0 radical (unpaired) electrons. The molecule has 1 aromatic carbocycles. The minimum atomic E-state index is -1.55. The van der Waals surface area contributed by atoms with Gasteiger partial charge in [0, 0.05) is 18.8 Å². The molecule has 0 aliphatic carbocycles. The summed E-state index contributed by atoms with van der Waals surface area (Å²) in [7, 11) is 1.37. The highest BCUT2D eigenvalue weighted by molar-refractivity contribution is 5.91. The number of hydrogen-bond acceptors (Lipinski definition) is 6. The smallest absolute Gasteiger partial charge is 0.336 e. The van der Waals surface area contributed by atoms with E-state index in [0.717, 1.165) is 24.7 Å². The predicted molar refractivity (Wildman–Crippen MR) is 105 cm³/mol. The minimum Gasteiger partial charge on any atom is -0.508 e. The number of ether oxygens (including phenoxy) is 2. The molecule has 1 atom stereocenters. The van der Waals surface area contributed by atoms with Gasteiger partial charge in [-0.2, -0.15) is 0 Å². The minimum absolute atomic E-state index is 0.0699. The van der Waals surface area contributed by atoms with Crippen molar-refractivity contribution in [1.29, 1.82) is 0 Å². The topological polar surface area (TPSA) is 93.1 Å². The summed E-state index contributed by atoms with van der Waals surface area (Å²) in [5, 5.41) is 19.8. The number of cyclic esters (lactones) is 1. The largest absolute Gasteiger partial charge is 0.508 e. The number of phenolic OH excluding ortho intramolecular Hbond substituents is 2. The van der Waals surface area contributed by atoms with Crippen LogP contribution in [0.25, 0.3) is 0 Å². The lowest BCUT2D eigenvalue weighted by Gasteiger charge is -2.25. The number of aromatic hydroxyl groups is 2. The normalized spacial score (nSPS) is 20.1. The number of hydrogen-bond donors (Lipinski definition) is 2. The van der Waals surface area contributed by atoms with E-state index in [1.807, 2.05) is 13.0 Å². The van der Waals surface area contributed by atoms with Crippen LogP contribution in [-0.4, -0.2) is 29.6 Å². The molecule has 0 saturated heterocycles. The summed E-state index contributed by atoms with van der Waals surface area (Å²) in [6, 6.07) is 3.96. The second-order valence-electron chi connectivity index (χ2n) is 6.83. The maximum atomic E-state index is 12.3. The number of carbonyl (C=O) groups excluding carboxylic acids is 2. The quantitative estimate of drug-likeness (QED) is 0.219. The number of rotatable bonds is 9. The van der Waals surface area contributed by atoms with Gasteiger partial charge in [0.1, 0.15) is 17.8 Å². The number of aldehydes is 1. The Morgan fingerprint density at radius 1 is 1.21 bits per heavy atom. The van der Waals surface area contributed by atoms with Crippen LogP contribution in [-0.2, 0) is 24.8 Å². The average molecular weight is 386 g/mol. The maximum absolute atomic E-state index is 12.3. The van der Waals surface area contributed by atoms with Gasteiger partial charge in [0.05, 0.1) is 5.56 Å². The summed E-state index contributed by atoms with van der Waals surface area (Å²) >= 11 is 0. The molecular weight excluding hydrogens is 360 g/mol. The third-order valence-corrected chi connectivity index (χ3v) is 4.63. The third kappa shape index (κ3) is 5.10. The zero-order valence-electron chi connectivity index (χ0n) is 16.4. The Hall–Kier alpha value is -2.86.